The van der Waals surface area contributed by atoms with Crippen LogP contribution in [0.3, 0.4) is 0 Å². The zero-order valence-corrected chi connectivity index (χ0v) is 5.80. The van der Waals surface area contributed by atoms with Gasteiger partial charge in [0.1, 0.15) is 0 Å². The highest BCUT2D eigenvalue weighted by molar-refractivity contribution is 7.07. The minimum atomic E-state index is 0.735. The molecule has 0 bridgehead atoms. The van der Waals surface area contributed by atoms with E-state index in [1.54, 1.807) is 11.7 Å². The maximum Gasteiger partial charge on any atom is 0.172 e. The number of hydrogen-bond donors (Lipinski definition) is 0. The summed E-state index contributed by atoms with van der Waals surface area (Å²) < 4.78 is 0.987. The number of rotatable bonds is 0. The molecule has 0 aliphatic carbocycles. The summed E-state index contributed by atoms with van der Waals surface area (Å²) in [5, 5.41) is 0. The zero-order chi connectivity index (χ0) is 6.81. The summed E-state index contributed by atoms with van der Waals surface area (Å²) in [6, 6.07) is 0. The Labute approximate surface area is 60.8 Å². The Morgan fingerprint density at radius 1 is 1.50 bits per heavy atom. The lowest BCUT2D eigenvalue weighted by molar-refractivity contribution is 1.19. The Hall–Kier alpha value is -1.25. The van der Waals surface area contributed by atoms with Gasteiger partial charge in [0, 0.05) is 5.87 Å². The molecule has 0 saturated carbocycles. The van der Waals surface area contributed by atoms with E-state index in [9.17, 15) is 0 Å². The first kappa shape index (κ1) is 5.53. The SMILES string of the molecule is C1=CN=c2ncsc2=CN=1. The van der Waals surface area contributed by atoms with Crippen LogP contribution in [0.25, 0.3) is 6.20 Å². The van der Waals surface area contributed by atoms with E-state index >= 15 is 0 Å². The van der Waals surface area contributed by atoms with E-state index in [1.165, 1.54) is 17.5 Å². The van der Waals surface area contributed by atoms with Crippen LogP contribution in [0, 0.1) is 0 Å². The summed E-state index contributed by atoms with van der Waals surface area (Å²) in [5.74, 6) is 2.62. The fraction of sp³-hybridized carbons (Fsp3) is 0. The predicted octanol–water partition coefficient (Wildman–Crippen LogP) is -0.302. The van der Waals surface area contributed by atoms with Gasteiger partial charge in [-0.15, -0.1) is 11.3 Å². The van der Waals surface area contributed by atoms with E-state index in [4.69, 9.17) is 0 Å². The molecular formula is C6H3N3S. The minimum absolute atomic E-state index is 0.735. The monoisotopic (exact) mass is 149 g/mol. The van der Waals surface area contributed by atoms with Crippen molar-refractivity contribution >= 4 is 23.4 Å². The molecule has 3 nitrogen and oxygen atoms in total. The molecule has 2 heterocycles. The molecule has 48 valence electrons. The van der Waals surface area contributed by atoms with Crippen molar-refractivity contribution in [3.05, 3.63) is 21.7 Å². The first-order valence-electron chi connectivity index (χ1n) is 2.71. The number of nitrogens with zero attached hydrogens (tertiary/aromatic N) is 3. The number of hydrogen-bond acceptors (Lipinski definition) is 4. The lowest BCUT2D eigenvalue weighted by Crippen LogP contribution is -2.19. The van der Waals surface area contributed by atoms with Crippen LogP contribution in [0.4, 0.5) is 0 Å². The average Bonchev–Trinajstić information content (AvgIpc) is 2.28. The normalized spacial score (nSPS) is 13.2. The molecular weight excluding hydrogens is 146 g/mol. The lowest BCUT2D eigenvalue weighted by Gasteiger charge is -1.66. The van der Waals surface area contributed by atoms with Gasteiger partial charge in [0.2, 0.25) is 0 Å². The van der Waals surface area contributed by atoms with Crippen LogP contribution in [0.15, 0.2) is 21.7 Å². The van der Waals surface area contributed by atoms with E-state index in [-0.39, 0.29) is 0 Å². The highest BCUT2D eigenvalue weighted by Crippen LogP contribution is 1.79. The van der Waals surface area contributed by atoms with Gasteiger partial charge in [-0.2, -0.15) is 0 Å². The number of thiazole rings is 1. The third kappa shape index (κ3) is 0.795. The summed E-state index contributed by atoms with van der Waals surface area (Å²) in [6.07, 6.45) is 3.22. The summed E-state index contributed by atoms with van der Waals surface area (Å²) in [5.41, 5.74) is 2.48. The first-order valence-corrected chi connectivity index (χ1v) is 3.59. The molecule has 4 heteroatoms. The van der Waals surface area contributed by atoms with Gasteiger partial charge in [0.25, 0.3) is 0 Å². The van der Waals surface area contributed by atoms with Crippen molar-refractivity contribution in [2.75, 3.05) is 0 Å². The maximum absolute atomic E-state index is 4.01. The Kier molecular flexibility index (Phi) is 1.20. The van der Waals surface area contributed by atoms with Crippen molar-refractivity contribution in [1.82, 2.24) is 4.98 Å². The van der Waals surface area contributed by atoms with Crippen LogP contribution in [-0.2, 0) is 0 Å². The van der Waals surface area contributed by atoms with Crippen LogP contribution in [0.5, 0.6) is 0 Å². The molecule has 0 atom stereocenters. The van der Waals surface area contributed by atoms with Crippen molar-refractivity contribution in [1.29, 1.82) is 0 Å². The molecule has 0 amide bonds. The highest BCUT2D eigenvalue weighted by Gasteiger charge is 1.88. The van der Waals surface area contributed by atoms with Crippen LogP contribution in [0.1, 0.15) is 0 Å². The van der Waals surface area contributed by atoms with Gasteiger partial charge in [-0.25, -0.2) is 15.0 Å². The molecule has 1 aromatic rings. The van der Waals surface area contributed by atoms with Gasteiger partial charge in [0.05, 0.1) is 22.4 Å². The number of aromatic nitrogens is 1. The van der Waals surface area contributed by atoms with Gasteiger partial charge in [-0.05, 0) is 0 Å². The number of fused-ring (bicyclic) bond motifs is 1. The van der Waals surface area contributed by atoms with Crippen LogP contribution >= 0.6 is 11.3 Å². The summed E-state index contributed by atoms with van der Waals surface area (Å²) in [6.45, 7) is 0. The zero-order valence-electron chi connectivity index (χ0n) is 4.98. The van der Waals surface area contributed by atoms with Crippen molar-refractivity contribution in [3.8, 4) is 0 Å². The molecule has 0 saturated heterocycles. The highest BCUT2D eigenvalue weighted by atomic mass is 32.1. The second kappa shape index (κ2) is 2.17. The van der Waals surface area contributed by atoms with Crippen molar-refractivity contribution in [2.24, 2.45) is 9.98 Å². The van der Waals surface area contributed by atoms with Crippen LogP contribution < -0.4 is 10.0 Å². The Bertz CT molecular complexity index is 374. The van der Waals surface area contributed by atoms with Crippen molar-refractivity contribution < 1.29 is 0 Å². The van der Waals surface area contributed by atoms with E-state index in [0.29, 0.717) is 0 Å². The van der Waals surface area contributed by atoms with Crippen molar-refractivity contribution in [2.45, 2.75) is 0 Å². The molecule has 1 aromatic heterocycles. The molecule has 0 unspecified atom stereocenters. The van der Waals surface area contributed by atoms with Crippen LogP contribution in [-0.4, -0.2) is 10.9 Å². The summed E-state index contributed by atoms with van der Waals surface area (Å²) >= 11 is 1.52. The molecule has 10 heavy (non-hydrogen) atoms. The molecule has 0 radical (unpaired) electrons. The smallest absolute Gasteiger partial charge is 0.172 e. The Balaban J connectivity index is 2.94. The standard InChI is InChI=1S/C6H3N3S/c1-2-8-6-5(3-7-1)10-4-9-6/h2-4H. The van der Waals surface area contributed by atoms with Gasteiger partial charge in [-0.3, -0.25) is 0 Å². The fourth-order valence-corrected chi connectivity index (χ4v) is 1.24. The average molecular weight is 149 g/mol. The van der Waals surface area contributed by atoms with Crippen molar-refractivity contribution in [3.63, 3.8) is 0 Å². The first-order chi connectivity index (χ1) is 4.97. The maximum atomic E-state index is 4.01. The third-order valence-electron chi connectivity index (χ3n) is 1.08. The van der Waals surface area contributed by atoms with E-state index in [0.717, 1.165) is 10.0 Å². The largest absolute Gasteiger partial charge is 0.226 e. The minimum Gasteiger partial charge on any atom is -0.226 e. The molecule has 0 fully saturated rings. The van der Waals surface area contributed by atoms with Gasteiger partial charge < -0.3 is 0 Å². The van der Waals surface area contributed by atoms with Gasteiger partial charge in [0.15, 0.2) is 5.49 Å². The molecule has 0 aromatic carbocycles. The molecule has 0 N–H and O–H groups in total. The molecule has 1 aliphatic rings. The number of aliphatic imine (C=N–C) groups is 1. The van der Waals surface area contributed by atoms with Gasteiger partial charge >= 0.3 is 0 Å². The second-order valence-electron chi connectivity index (χ2n) is 1.69. The summed E-state index contributed by atoms with van der Waals surface area (Å²) in [7, 11) is 0. The third-order valence-corrected chi connectivity index (χ3v) is 1.83. The molecule has 2 rings (SSSR count). The Morgan fingerprint density at radius 3 is 3.50 bits per heavy atom. The molecule has 0 spiro atoms. The second-order valence-corrected chi connectivity index (χ2v) is 2.57. The van der Waals surface area contributed by atoms with E-state index in [2.05, 4.69) is 20.8 Å². The topological polar surface area (TPSA) is 37.6 Å². The molecule has 1 aliphatic heterocycles. The van der Waals surface area contributed by atoms with E-state index in [1.807, 2.05) is 0 Å². The Morgan fingerprint density at radius 2 is 2.50 bits per heavy atom. The lowest BCUT2D eigenvalue weighted by atomic mass is 10.7. The van der Waals surface area contributed by atoms with Gasteiger partial charge in [-0.1, -0.05) is 0 Å². The predicted molar refractivity (Wildman–Crippen MR) is 39.4 cm³/mol. The van der Waals surface area contributed by atoms with E-state index < -0.39 is 0 Å². The van der Waals surface area contributed by atoms with Crippen LogP contribution in [0.2, 0.25) is 0 Å². The fourth-order valence-electron chi connectivity index (χ4n) is 0.654. The quantitative estimate of drug-likeness (QED) is 0.499. The summed E-state index contributed by atoms with van der Waals surface area (Å²) in [4.78, 5) is 11.8.